The van der Waals surface area contributed by atoms with Gasteiger partial charge in [-0.15, -0.1) is 0 Å². The van der Waals surface area contributed by atoms with E-state index in [0.29, 0.717) is 11.5 Å². The molecule has 1 unspecified atom stereocenters. The summed E-state index contributed by atoms with van der Waals surface area (Å²) < 4.78 is 1.59. The minimum absolute atomic E-state index is 0.00454. The summed E-state index contributed by atoms with van der Waals surface area (Å²) in [6.45, 7) is 1.96. The summed E-state index contributed by atoms with van der Waals surface area (Å²) in [5.74, 6) is -1.14. The number of nitrogens with one attached hydrogen (secondary N) is 2. The fraction of sp³-hybridized carbons (Fsp3) is 0.0870. The first-order valence-electron chi connectivity index (χ1n) is 9.42. The van der Waals surface area contributed by atoms with Crippen molar-refractivity contribution in [1.82, 2.24) is 9.78 Å². The van der Waals surface area contributed by atoms with Crippen LogP contribution in [0.2, 0.25) is 0 Å². The molecule has 0 aliphatic carbocycles. The van der Waals surface area contributed by atoms with Crippen LogP contribution < -0.4 is 10.6 Å². The van der Waals surface area contributed by atoms with E-state index in [1.807, 2.05) is 73.7 Å². The van der Waals surface area contributed by atoms with Crippen molar-refractivity contribution in [1.29, 1.82) is 0 Å². The van der Waals surface area contributed by atoms with Crippen molar-refractivity contribution in [2.24, 2.45) is 0 Å². The molecule has 2 aromatic carbocycles. The Balaban J connectivity index is 1.64. The van der Waals surface area contributed by atoms with Gasteiger partial charge in [-0.3, -0.25) is 4.79 Å². The Labute approximate surface area is 173 Å². The van der Waals surface area contributed by atoms with Gasteiger partial charge < -0.3 is 15.7 Å². The number of nitrogens with zero attached hydrogens (tertiary/aromatic N) is 2. The third-order valence-corrected chi connectivity index (χ3v) is 4.74. The summed E-state index contributed by atoms with van der Waals surface area (Å²) in [6, 6.07) is 16.6. The van der Waals surface area contributed by atoms with E-state index in [2.05, 4.69) is 15.7 Å². The number of allylic oxidation sites excluding steroid dienone is 2. The number of aliphatic carboxylic acids is 1. The quantitative estimate of drug-likeness (QED) is 0.599. The van der Waals surface area contributed by atoms with Crippen LogP contribution in [0.3, 0.4) is 0 Å². The lowest BCUT2D eigenvalue weighted by atomic mass is 10.1. The number of carbonyl (C=O) groups excluding carboxylic acids is 1. The number of hydrogen-bond donors (Lipinski definition) is 3. The molecule has 0 radical (unpaired) electrons. The standard InChI is InChI=1S/C23H20N4O3/c1-15-7-10-17(11-8-15)25-22(28)19-14-24-27-18(12-9-16-5-3-2-4-6-16)13-20(23(29)30)26-21(19)27/h2-14,18,26H,1H3,(H,25,28)(H,29,30)/b12-9+. The van der Waals surface area contributed by atoms with Crippen molar-refractivity contribution < 1.29 is 14.7 Å². The van der Waals surface area contributed by atoms with Crippen LogP contribution in [0.25, 0.3) is 6.08 Å². The lowest BCUT2D eigenvalue weighted by Crippen LogP contribution is -2.24. The molecule has 0 saturated heterocycles. The summed E-state index contributed by atoms with van der Waals surface area (Å²) in [4.78, 5) is 24.4. The van der Waals surface area contributed by atoms with E-state index in [9.17, 15) is 14.7 Å². The van der Waals surface area contributed by atoms with Crippen LogP contribution in [0.5, 0.6) is 0 Å². The molecule has 150 valence electrons. The second-order valence-electron chi connectivity index (χ2n) is 6.94. The Bertz CT molecular complexity index is 1140. The van der Waals surface area contributed by atoms with E-state index in [0.717, 1.165) is 11.1 Å². The van der Waals surface area contributed by atoms with Crippen molar-refractivity contribution in [3.63, 3.8) is 0 Å². The summed E-state index contributed by atoms with van der Waals surface area (Å²) in [5.41, 5.74) is 2.97. The molecule has 0 bridgehead atoms. The molecular formula is C23H20N4O3. The Kier molecular flexibility index (Phi) is 5.17. The van der Waals surface area contributed by atoms with Crippen LogP contribution in [0.15, 0.2) is 78.6 Å². The Morgan fingerprint density at radius 3 is 2.57 bits per heavy atom. The van der Waals surface area contributed by atoms with Gasteiger partial charge in [-0.2, -0.15) is 5.10 Å². The molecule has 7 heteroatoms. The molecule has 4 rings (SSSR count). The van der Waals surface area contributed by atoms with E-state index in [4.69, 9.17) is 0 Å². The summed E-state index contributed by atoms with van der Waals surface area (Å²) in [6.07, 6.45) is 6.73. The number of carboxylic acids is 1. The van der Waals surface area contributed by atoms with E-state index >= 15 is 0 Å². The maximum Gasteiger partial charge on any atom is 0.352 e. The fourth-order valence-corrected chi connectivity index (χ4v) is 3.16. The van der Waals surface area contributed by atoms with Gasteiger partial charge in [-0.1, -0.05) is 60.2 Å². The van der Waals surface area contributed by atoms with Crippen LogP contribution >= 0.6 is 0 Å². The van der Waals surface area contributed by atoms with E-state index in [-0.39, 0.29) is 17.2 Å². The molecular weight excluding hydrogens is 380 g/mol. The van der Waals surface area contributed by atoms with Crippen molar-refractivity contribution in [2.75, 3.05) is 10.6 Å². The molecule has 1 aromatic heterocycles. The van der Waals surface area contributed by atoms with Gasteiger partial charge in [-0.05, 0) is 30.7 Å². The number of fused-ring (bicyclic) bond motifs is 1. The fourth-order valence-electron chi connectivity index (χ4n) is 3.16. The number of benzene rings is 2. The van der Waals surface area contributed by atoms with Gasteiger partial charge >= 0.3 is 5.97 Å². The number of amides is 1. The topological polar surface area (TPSA) is 96.3 Å². The average Bonchev–Trinajstić information content (AvgIpc) is 3.18. The molecule has 1 atom stereocenters. The van der Waals surface area contributed by atoms with Gasteiger partial charge in [0.15, 0.2) is 0 Å². The first kappa shape index (κ1) is 19.2. The molecule has 3 aromatic rings. The van der Waals surface area contributed by atoms with Crippen LogP contribution in [0, 0.1) is 6.92 Å². The zero-order valence-corrected chi connectivity index (χ0v) is 16.2. The normalized spacial score (nSPS) is 15.2. The summed E-state index contributed by atoms with van der Waals surface area (Å²) >= 11 is 0. The Morgan fingerprint density at radius 1 is 1.13 bits per heavy atom. The Morgan fingerprint density at radius 2 is 1.87 bits per heavy atom. The highest BCUT2D eigenvalue weighted by molar-refractivity contribution is 6.08. The minimum atomic E-state index is -1.11. The third-order valence-electron chi connectivity index (χ3n) is 4.74. The number of hydrogen-bond acceptors (Lipinski definition) is 4. The van der Waals surface area contributed by atoms with Gasteiger partial charge in [0.25, 0.3) is 5.91 Å². The predicted octanol–water partition coefficient (Wildman–Crippen LogP) is 4.09. The summed E-state index contributed by atoms with van der Waals surface area (Å²) in [5, 5.41) is 19.5. The number of aromatic nitrogens is 2. The Hall–Kier alpha value is -4.13. The lowest BCUT2D eigenvalue weighted by molar-refractivity contribution is -0.132. The number of carboxylic acid groups (broad SMARTS) is 1. The zero-order valence-electron chi connectivity index (χ0n) is 16.2. The smallest absolute Gasteiger partial charge is 0.352 e. The monoisotopic (exact) mass is 400 g/mol. The second-order valence-corrected chi connectivity index (χ2v) is 6.94. The maximum atomic E-state index is 12.8. The molecule has 30 heavy (non-hydrogen) atoms. The van der Waals surface area contributed by atoms with Crippen LogP contribution in [-0.4, -0.2) is 26.8 Å². The SMILES string of the molecule is Cc1ccc(NC(=O)c2cnn3c2NC(C(=O)O)=CC3/C=C/c2ccccc2)cc1. The van der Waals surface area contributed by atoms with Crippen molar-refractivity contribution >= 4 is 29.5 Å². The van der Waals surface area contributed by atoms with E-state index in [1.165, 1.54) is 6.20 Å². The van der Waals surface area contributed by atoms with Gasteiger partial charge in [0.05, 0.1) is 12.2 Å². The predicted molar refractivity (Wildman–Crippen MR) is 115 cm³/mol. The highest BCUT2D eigenvalue weighted by Gasteiger charge is 2.27. The molecule has 0 saturated carbocycles. The number of aryl methyl sites for hydroxylation is 1. The highest BCUT2D eigenvalue weighted by Crippen LogP contribution is 2.29. The summed E-state index contributed by atoms with van der Waals surface area (Å²) in [7, 11) is 0. The van der Waals surface area contributed by atoms with Crippen molar-refractivity contribution in [3.8, 4) is 0 Å². The molecule has 2 heterocycles. The first-order chi connectivity index (χ1) is 14.5. The third kappa shape index (κ3) is 4.00. The van der Waals surface area contributed by atoms with Gasteiger partial charge in [0, 0.05) is 5.69 Å². The van der Waals surface area contributed by atoms with Crippen LogP contribution in [0.1, 0.15) is 27.5 Å². The number of anilines is 2. The molecule has 1 aliphatic heterocycles. The van der Waals surface area contributed by atoms with Crippen molar-refractivity contribution in [2.45, 2.75) is 13.0 Å². The largest absolute Gasteiger partial charge is 0.477 e. The molecule has 0 spiro atoms. The van der Waals surface area contributed by atoms with Crippen LogP contribution in [-0.2, 0) is 4.79 Å². The molecule has 7 nitrogen and oxygen atoms in total. The maximum absolute atomic E-state index is 12.8. The van der Waals surface area contributed by atoms with Gasteiger partial charge in [-0.25, -0.2) is 9.48 Å². The number of carbonyl (C=O) groups is 2. The molecule has 1 amide bonds. The number of rotatable bonds is 5. The van der Waals surface area contributed by atoms with E-state index < -0.39 is 12.0 Å². The van der Waals surface area contributed by atoms with Gasteiger partial charge in [0.1, 0.15) is 17.1 Å². The van der Waals surface area contributed by atoms with Gasteiger partial charge in [0.2, 0.25) is 0 Å². The zero-order chi connectivity index (χ0) is 21.1. The molecule has 0 fully saturated rings. The highest BCUT2D eigenvalue weighted by atomic mass is 16.4. The van der Waals surface area contributed by atoms with E-state index in [1.54, 1.807) is 10.8 Å². The average molecular weight is 400 g/mol. The van der Waals surface area contributed by atoms with Crippen molar-refractivity contribution in [3.05, 3.63) is 95.3 Å². The lowest BCUT2D eigenvalue weighted by Gasteiger charge is -2.22. The van der Waals surface area contributed by atoms with Crippen LogP contribution in [0.4, 0.5) is 11.5 Å². The second kappa shape index (κ2) is 8.08. The molecule has 3 N–H and O–H groups in total. The minimum Gasteiger partial charge on any atom is -0.477 e. The molecule has 1 aliphatic rings. The first-order valence-corrected chi connectivity index (χ1v) is 9.42.